The molecule has 736 valence electrons. The summed E-state index contributed by atoms with van der Waals surface area (Å²) in [6.07, 6.45) is 16.3. The zero-order valence-corrected chi connectivity index (χ0v) is 81.8. The average Bonchev–Trinajstić information content (AvgIpc) is 0.832. The molecule has 3 unspecified atom stereocenters. The lowest BCUT2D eigenvalue weighted by molar-refractivity contribution is -0.158. The molecule has 137 heavy (non-hydrogen) atoms. The maximum atomic E-state index is 13.7. The summed E-state index contributed by atoms with van der Waals surface area (Å²) in [5, 5.41) is 0. The van der Waals surface area contributed by atoms with Gasteiger partial charge in [0.25, 0.3) is 0 Å². The molecular weight excluding hydrogens is 1760 g/mol. The second kappa shape index (κ2) is 62.6. The van der Waals surface area contributed by atoms with Gasteiger partial charge in [0, 0.05) is 29.4 Å². The van der Waals surface area contributed by atoms with Crippen LogP contribution in [0.2, 0.25) is 0 Å². The highest BCUT2D eigenvalue weighted by Gasteiger charge is 2.35. The zero-order valence-electron chi connectivity index (χ0n) is 81.8. The number of carbonyl (C=O) groups is 11. The Morgan fingerprint density at radius 2 is 0.620 bits per heavy atom. The van der Waals surface area contributed by atoms with Crippen molar-refractivity contribution in [1.82, 2.24) is 0 Å². The zero-order chi connectivity index (χ0) is 102. The number of methoxy groups -OCH3 is 1. The first-order valence-electron chi connectivity index (χ1n) is 45.3. The molecule has 0 bridgehead atoms. The van der Waals surface area contributed by atoms with Crippen LogP contribution in [0, 0.1) is 27.1 Å². The number of benzene rings is 8. The van der Waals surface area contributed by atoms with Crippen molar-refractivity contribution in [2.75, 3.05) is 60.0 Å². The molecule has 22 nitrogen and oxygen atoms in total. The van der Waals surface area contributed by atoms with Crippen LogP contribution in [-0.4, -0.2) is 126 Å². The van der Waals surface area contributed by atoms with Gasteiger partial charge < -0.3 is 52.1 Å². The van der Waals surface area contributed by atoms with E-state index in [1.807, 2.05) is 183 Å². The summed E-state index contributed by atoms with van der Waals surface area (Å²) in [5.41, 5.74) is 3.18. The molecule has 8 aromatic rings. The summed E-state index contributed by atoms with van der Waals surface area (Å²) < 4.78 is 109. The summed E-state index contributed by atoms with van der Waals surface area (Å²) in [4.78, 5) is 128. The van der Waals surface area contributed by atoms with Gasteiger partial charge in [-0.15, -0.1) is 0 Å². The lowest BCUT2D eigenvalue weighted by Crippen LogP contribution is -2.30. The number of ether oxygens (including phenoxy) is 11. The summed E-state index contributed by atoms with van der Waals surface area (Å²) in [7, 11) is 1.43. The van der Waals surface area contributed by atoms with E-state index in [1.165, 1.54) is 55.2 Å². The molecule has 0 spiro atoms. The van der Waals surface area contributed by atoms with Crippen LogP contribution >= 0.6 is 0 Å². The Hall–Kier alpha value is -13.9. The minimum atomic E-state index is -1.61. The van der Waals surface area contributed by atoms with Crippen molar-refractivity contribution in [1.29, 1.82) is 0 Å². The minimum Gasteiger partial charge on any atom is -0.469 e. The molecule has 0 aliphatic heterocycles. The fraction of sp³-hybridized carbons (Fsp3) is 0.360. The van der Waals surface area contributed by atoms with E-state index in [0.29, 0.717) is 67.1 Å². The van der Waals surface area contributed by atoms with E-state index >= 15 is 0 Å². The maximum absolute atomic E-state index is 13.7. The number of rotatable bonds is 41. The summed E-state index contributed by atoms with van der Waals surface area (Å²) in [5.74, 6) is -9.00. The third kappa shape index (κ3) is 46.3. The van der Waals surface area contributed by atoms with Crippen molar-refractivity contribution in [2.45, 2.75) is 174 Å². The fourth-order valence-corrected chi connectivity index (χ4v) is 10.9. The van der Waals surface area contributed by atoms with Crippen LogP contribution in [0.15, 0.2) is 266 Å². The van der Waals surface area contributed by atoms with Gasteiger partial charge in [-0.25, -0.2) is 37.5 Å². The molecule has 0 radical (unpaired) electrons. The molecule has 0 N–H and O–H groups in total. The van der Waals surface area contributed by atoms with E-state index in [0.717, 1.165) is 40.8 Å². The molecule has 8 aromatic carbocycles. The Bertz CT molecular complexity index is 5230. The van der Waals surface area contributed by atoms with Crippen LogP contribution in [-0.2, 0) is 95.4 Å². The lowest BCUT2D eigenvalue weighted by atomic mass is 9.77. The maximum Gasteiger partial charge on any atom is 0.370 e. The number of esters is 11. The molecule has 26 heteroatoms. The van der Waals surface area contributed by atoms with Crippen LogP contribution < -0.4 is 9.47 Å². The molecule has 0 amide bonds. The molecule has 0 aliphatic carbocycles. The quantitative estimate of drug-likeness (QED) is 0.00859. The van der Waals surface area contributed by atoms with Crippen LogP contribution in [0.4, 0.5) is 17.6 Å². The highest BCUT2D eigenvalue weighted by Crippen LogP contribution is 2.37. The first-order valence-corrected chi connectivity index (χ1v) is 45.3. The third-order valence-corrected chi connectivity index (χ3v) is 21.7. The Labute approximate surface area is 803 Å². The summed E-state index contributed by atoms with van der Waals surface area (Å²) in [6.45, 7) is 31.2. The van der Waals surface area contributed by atoms with Gasteiger partial charge >= 0.3 is 65.7 Å². The van der Waals surface area contributed by atoms with Gasteiger partial charge in [-0.3, -0.25) is 24.0 Å². The number of carbonyl (C=O) groups excluding carboxylic acids is 11. The molecule has 8 rings (SSSR count). The van der Waals surface area contributed by atoms with Crippen LogP contribution in [0.25, 0.3) is 36.0 Å². The second-order valence-corrected chi connectivity index (χ2v) is 33.9. The van der Waals surface area contributed by atoms with Crippen molar-refractivity contribution in [3.8, 4) is 11.5 Å². The van der Waals surface area contributed by atoms with Gasteiger partial charge in [0.15, 0.2) is 5.83 Å². The first kappa shape index (κ1) is 117. The largest absolute Gasteiger partial charge is 0.469 e. The molecule has 0 heterocycles. The Kier molecular flexibility index (Phi) is 53.6. The molecule has 0 saturated heterocycles. The van der Waals surface area contributed by atoms with Crippen molar-refractivity contribution in [3.63, 3.8) is 0 Å². The summed E-state index contributed by atoms with van der Waals surface area (Å²) in [6, 6.07) is 68.0. The number of hydrogen-bond donors (Lipinski definition) is 0. The van der Waals surface area contributed by atoms with E-state index in [-0.39, 0.29) is 94.2 Å². The number of hydrogen-bond acceptors (Lipinski definition) is 22. The Balaban J connectivity index is 0.000000424. The summed E-state index contributed by atoms with van der Waals surface area (Å²) >= 11 is 0. The van der Waals surface area contributed by atoms with Crippen molar-refractivity contribution in [3.05, 3.63) is 311 Å². The normalized spacial score (nSPS) is 12.5. The van der Waals surface area contributed by atoms with Crippen molar-refractivity contribution < 1.29 is 122 Å². The standard InChI is InChI=1S/C24H28O4.C19H20O2.C17H20F2O4.2C17H21FO4.C17H22O4/c1-5-24(3,23(26)27-4)17-18(2)20-12-14-21(15-13-20)28-22(25)16-11-19-9-7-6-8-10-19;1-3-15(2)17-10-12-18(13-11-17)21-19(20)14-9-16-7-5-4-6-8-16;1-4-17(2,3)16(21)23-11-10-22-15(20)14(19)13(18)12-8-6-5-7-9-12;1-4-17(2,3)16(20)22-11-10-21-15(19)12-14(18)13-8-6-5-7-9-13;1-4-17(2,3)16(20)22-11-10-21-15(19)14(18)12-13-8-6-5-7-9-13;1-4-17(2,3)16(19)21-13-12-20-15(18)11-10-14-8-6-5-7-9-14/h6-16,18H,5,17H2,1-4H3;4-15H,3H2,1-2H3;5-9H,4,10-11H2,1-3H3;2*5-9,12H,4,10-11H2,1-3H3;5-11H,4,12-13H2,1-3H3/b16-11+;14-9+;14-13+;2*14-12-;11-10+. The molecule has 0 aromatic heterocycles. The van der Waals surface area contributed by atoms with Crippen LogP contribution in [0.3, 0.4) is 0 Å². The monoisotopic (exact) mass is 1890 g/mol. The molecular formula is C111H132F4O22. The Morgan fingerprint density at radius 1 is 0.321 bits per heavy atom. The highest BCUT2D eigenvalue weighted by molar-refractivity contribution is 5.94. The van der Waals surface area contributed by atoms with Crippen LogP contribution in [0.5, 0.6) is 11.5 Å². The first-order chi connectivity index (χ1) is 65.0. The predicted molar refractivity (Wildman–Crippen MR) is 523 cm³/mol. The van der Waals surface area contributed by atoms with E-state index < -0.39 is 86.2 Å². The minimum absolute atomic E-state index is 0.0468. The van der Waals surface area contributed by atoms with E-state index in [4.69, 9.17) is 47.4 Å². The lowest BCUT2D eigenvalue weighted by Gasteiger charge is -2.28. The van der Waals surface area contributed by atoms with E-state index in [1.54, 1.807) is 139 Å². The molecule has 0 fully saturated rings. The highest BCUT2D eigenvalue weighted by atomic mass is 19.2. The van der Waals surface area contributed by atoms with E-state index in [9.17, 15) is 70.3 Å². The van der Waals surface area contributed by atoms with Gasteiger partial charge in [0.1, 0.15) is 70.2 Å². The van der Waals surface area contributed by atoms with E-state index in [2.05, 4.69) is 25.5 Å². The molecule has 3 atom stereocenters. The average molecular weight is 1890 g/mol. The van der Waals surface area contributed by atoms with Crippen LogP contribution in [0.1, 0.15) is 219 Å². The van der Waals surface area contributed by atoms with Gasteiger partial charge in [-0.2, -0.15) is 8.78 Å². The topological polar surface area (TPSA) is 289 Å². The SMILES string of the molecule is CCC(C)(C)C(=O)OCCOC(=O)/C(F)=C(\F)c1ccccc1.CCC(C)(C)C(=O)OCCOC(=O)/C(F)=C/c1ccccc1.CCC(C)(C)C(=O)OCCOC(=O)/C=C(\F)c1ccccc1.CCC(C)(C)C(=O)OCCOC(=O)/C=C/c1ccccc1.CCC(C)(CC(C)c1ccc(OC(=O)/C=C/c2ccccc2)cc1)C(=O)OC.CCC(C)c1ccc(OC(=O)/C=C/c2ccccc2)cc1. The van der Waals surface area contributed by atoms with Gasteiger partial charge in [-0.05, 0) is 201 Å². The second-order valence-electron chi connectivity index (χ2n) is 33.9. The predicted octanol–water partition coefficient (Wildman–Crippen LogP) is 24.3. The molecule has 0 aliphatic rings. The smallest absolute Gasteiger partial charge is 0.370 e. The number of halogens is 4. The van der Waals surface area contributed by atoms with Gasteiger partial charge in [0.05, 0.1) is 40.3 Å². The third-order valence-electron chi connectivity index (χ3n) is 21.7. The van der Waals surface area contributed by atoms with Crippen molar-refractivity contribution in [2.24, 2.45) is 27.1 Å². The molecule has 0 saturated carbocycles. The van der Waals surface area contributed by atoms with Crippen molar-refractivity contribution >= 4 is 102 Å². The Morgan fingerprint density at radius 3 is 0.956 bits per heavy atom. The van der Waals surface area contributed by atoms with Gasteiger partial charge in [0.2, 0.25) is 11.7 Å². The van der Waals surface area contributed by atoms with Gasteiger partial charge in [-0.1, -0.05) is 262 Å². The fourth-order valence-electron chi connectivity index (χ4n) is 10.9.